The van der Waals surface area contributed by atoms with E-state index in [2.05, 4.69) is 21.8 Å². The van der Waals surface area contributed by atoms with E-state index in [0.29, 0.717) is 12.6 Å². The number of aliphatic hydroxyl groups excluding tert-OH is 1. The number of methoxy groups -OCH3 is 2. The maximum absolute atomic E-state index is 11.2. The van der Waals surface area contributed by atoms with E-state index in [-0.39, 0.29) is 5.97 Å². The van der Waals surface area contributed by atoms with Gasteiger partial charge in [-0.25, -0.2) is 4.79 Å². The highest BCUT2D eigenvalue weighted by molar-refractivity contribution is 5.86. The summed E-state index contributed by atoms with van der Waals surface area (Å²) in [7, 11) is 3.00. The number of aliphatic hydroxyl groups is 1. The Kier molecular flexibility index (Phi) is 6.85. The average molecular weight is 381 g/mol. The van der Waals surface area contributed by atoms with Crippen molar-refractivity contribution in [2.75, 3.05) is 27.3 Å². The third kappa shape index (κ3) is 5.00. The maximum Gasteiger partial charge on any atom is 0.330 e. The lowest BCUT2D eigenvalue weighted by Gasteiger charge is -2.27. The number of β-amino-alcohol motifs (C(OH)–C–C–N with tert-alkyl or cyclic N) is 1. The van der Waals surface area contributed by atoms with E-state index in [1.54, 1.807) is 13.2 Å². The van der Waals surface area contributed by atoms with E-state index in [1.807, 2.05) is 36.4 Å². The molecule has 0 bridgehead atoms. The Hall–Kier alpha value is -2.63. The molecule has 1 aliphatic heterocycles. The van der Waals surface area contributed by atoms with Crippen LogP contribution in [-0.4, -0.2) is 43.3 Å². The van der Waals surface area contributed by atoms with Crippen molar-refractivity contribution in [1.29, 1.82) is 0 Å². The molecule has 0 saturated carbocycles. The Morgan fingerprint density at radius 1 is 1.18 bits per heavy atom. The molecule has 1 heterocycles. The summed E-state index contributed by atoms with van der Waals surface area (Å²) in [6.07, 6.45) is 4.82. The first-order valence-corrected chi connectivity index (χ1v) is 9.52. The number of nitrogens with zero attached hydrogens (tertiary/aromatic N) is 1. The van der Waals surface area contributed by atoms with Crippen molar-refractivity contribution in [2.24, 2.45) is 0 Å². The lowest BCUT2D eigenvalue weighted by Crippen LogP contribution is -2.28. The molecule has 2 aromatic carbocycles. The second kappa shape index (κ2) is 9.53. The van der Waals surface area contributed by atoms with Crippen LogP contribution in [0, 0.1) is 0 Å². The van der Waals surface area contributed by atoms with Gasteiger partial charge in [0.15, 0.2) is 0 Å². The molecule has 1 aliphatic rings. The fourth-order valence-electron chi connectivity index (χ4n) is 3.64. The van der Waals surface area contributed by atoms with E-state index < -0.39 is 6.10 Å². The molecular weight excluding hydrogens is 354 g/mol. The minimum Gasteiger partial charge on any atom is -0.497 e. The first kappa shape index (κ1) is 20.1. The molecule has 2 aromatic rings. The number of ether oxygens (including phenoxy) is 2. The number of esters is 1. The molecule has 1 N–H and O–H groups in total. The second-order valence-corrected chi connectivity index (χ2v) is 6.97. The SMILES string of the molecule is COC(=O)/C=C/c1ccc([C@@H]2CCCN2CC(O)c2ccc(OC)cc2)cc1. The van der Waals surface area contributed by atoms with Gasteiger partial charge in [0.2, 0.25) is 0 Å². The van der Waals surface area contributed by atoms with E-state index in [9.17, 15) is 9.90 Å². The molecule has 0 aliphatic carbocycles. The summed E-state index contributed by atoms with van der Waals surface area (Å²) in [5.41, 5.74) is 3.08. The quantitative estimate of drug-likeness (QED) is 0.585. The fourth-order valence-corrected chi connectivity index (χ4v) is 3.64. The maximum atomic E-state index is 11.2. The summed E-state index contributed by atoms with van der Waals surface area (Å²) in [6.45, 7) is 1.57. The molecule has 0 radical (unpaired) electrons. The van der Waals surface area contributed by atoms with Crippen LogP contribution in [0.4, 0.5) is 0 Å². The molecule has 2 atom stereocenters. The molecule has 1 unspecified atom stereocenters. The van der Waals surface area contributed by atoms with Gasteiger partial charge < -0.3 is 14.6 Å². The third-order valence-corrected chi connectivity index (χ3v) is 5.21. The fraction of sp³-hybridized carbons (Fsp3) is 0.348. The van der Waals surface area contributed by atoms with Gasteiger partial charge in [-0.2, -0.15) is 0 Å². The number of likely N-dealkylation sites (tertiary alicyclic amines) is 1. The molecule has 0 aromatic heterocycles. The predicted octanol–water partition coefficient (Wildman–Crippen LogP) is 3.75. The summed E-state index contributed by atoms with van der Waals surface area (Å²) in [5.74, 6) is 0.426. The van der Waals surface area contributed by atoms with Crippen LogP contribution >= 0.6 is 0 Å². The predicted molar refractivity (Wildman–Crippen MR) is 109 cm³/mol. The molecule has 1 saturated heterocycles. The first-order chi connectivity index (χ1) is 13.6. The highest BCUT2D eigenvalue weighted by atomic mass is 16.5. The van der Waals surface area contributed by atoms with Crippen molar-refractivity contribution in [3.8, 4) is 5.75 Å². The molecule has 28 heavy (non-hydrogen) atoms. The van der Waals surface area contributed by atoms with Gasteiger partial charge >= 0.3 is 5.97 Å². The number of hydrogen-bond donors (Lipinski definition) is 1. The minimum absolute atomic E-state index is 0.298. The Morgan fingerprint density at radius 2 is 1.89 bits per heavy atom. The van der Waals surface area contributed by atoms with Crippen LogP contribution in [-0.2, 0) is 9.53 Å². The van der Waals surface area contributed by atoms with E-state index in [1.165, 1.54) is 18.7 Å². The summed E-state index contributed by atoms with van der Waals surface area (Å²) in [4.78, 5) is 13.6. The molecule has 5 heteroatoms. The average Bonchev–Trinajstić information content (AvgIpc) is 3.20. The van der Waals surface area contributed by atoms with Crippen molar-refractivity contribution in [2.45, 2.75) is 25.0 Å². The van der Waals surface area contributed by atoms with Gasteiger partial charge in [0.05, 0.1) is 20.3 Å². The minimum atomic E-state index is -0.534. The van der Waals surface area contributed by atoms with Crippen LogP contribution in [0.15, 0.2) is 54.6 Å². The Balaban J connectivity index is 1.65. The van der Waals surface area contributed by atoms with Crippen molar-refractivity contribution in [3.05, 3.63) is 71.3 Å². The zero-order valence-electron chi connectivity index (χ0n) is 16.4. The summed E-state index contributed by atoms with van der Waals surface area (Å²) in [6, 6.07) is 16.1. The van der Waals surface area contributed by atoms with Gasteiger partial charge in [-0.05, 0) is 54.3 Å². The van der Waals surface area contributed by atoms with E-state index in [0.717, 1.165) is 36.3 Å². The van der Waals surface area contributed by atoms with Crippen molar-refractivity contribution < 1.29 is 19.4 Å². The van der Waals surface area contributed by atoms with Crippen molar-refractivity contribution >= 4 is 12.0 Å². The van der Waals surface area contributed by atoms with Crippen LogP contribution < -0.4 is 4.74 Å². The van der Waals surface area contributed by atoms with Crippen LogP contribution in [0.3, 0.4) is 0 Å². The van der Waals surface area contributed by atoms with Gasteiger partial charge in [-0.15, -0.1) is 0 Å². The van der Waals surface area contributed by atoms with Gasteiger partial charge in [0.25, 0.3) is 0 Å². The number of carbonyl (C=O) groups excluding carboxylic acids is 1. The summed E-state index contributed by atoms with van der Waals surface area (Å²) >= 11 is 0. The van der Waals surface area contributed by atoms with Crippen LogP contribution in [0.2, 0.25) is 0 Å². The molecule has 0 spiro atoms. The first-order valence-electron chi connectivity index (χ1n) is 9.52. The summed E-state index contributed by atoms with van der Waals surface area (Å²) in [5, 5.41) is 10.7. The molecule has 5 nitrogen and oxygen atoms in total. The lowest BCUT2D eigenvalue weighted by molar-refractivity contribution is -0.134. The Labute approximate surface area is 166 Å². The molecule has 148 valence electrons. The highest BCUT2D eigenvalue weighted by Crippen LogP contribution is 2.33. The number of rotatable bonds is 7. The molecule has 0 amide bonds. The zero-order valence-corrected chi connectivity index (χ0v) is 16.4. The Morgan fingerprint density at radius 3 is 2.54 bits per heavy atom. The van der Waals surface area contributed by atoms with Crippen LogP contribution in [0.1, 0.15) is 41.7 Å². The Bertz CT molecular complexity index is 798. The number of hydrogen-bond acceptors (Lipinski definition) is 5. The normalized spacial score (nSPS) is 18.3. The largest absolute Gasteiger partial charge is 0.497 e. The van der Waals surface area contributed by atoms with Crippen LogP contribution in [0.25, 0.3) is 6.08 Å². The molecule has 3 rings (SSSR count). The number of carbonyl (C=O) groups is 1. The van der Waals surface area contributed by atoms with Crippen molar-refractivity contribution in [3.63, 3.8) is 0 Å². The standard InChI is InChI=1S/C23H27NO4/c1-27-20-12-10-19(11-13-20)22(25)16-24-15-3-4-21(24)18-8-5-17(6-9-18)7-14-23(26)28-2/h5-14,21-22,25H,3-4,15-16H2,1-2H3/b14-7+/t21-,22?/m0/s1. The van der Waals surface area contributed by atoms with Gasteiger partial charge in [0.1, 0.15) is 5.75 Å². The summed E-state index contributed by atoms with van der Waals surface area (Å²) < 4.78 is 9.80. The second-order valence-electron chi connectivity index (χ2n) is 6.97. The van der Waals surface area contributed by atoms with Crippen molar-refractivity contribution in [1.82, 2.24) is 4.90 Å². The number of benzene rings is 2. The molecular formula is C23H27NO4. The topological polar surface area (TPSA) is 59.0 Å². The monoisotopic (exact) mass is 381 g/mol. The smallest absolute Gasteiger partial charge is 0.330 e. The van der Waals surface area contributed by atoms with E-state index in [4.69, 9.17) is 4.74 Å². The van der Waals surface area contributed by atoms with Gasteiger partial charge in [0, 0.05) is 18.7 Å². The third-order valence-electron chi connectivity index (χ3n) is 5.21. The van der Waals surface area contributed by atoms with Crippen LogP contribution in [0.5, 0.6) is 5.75 Å². The zero-order chi connectivity index (χ0) is 19.9. The van der Waals surface area contributed by atoms with Gasteiger partial charge in [-0.1, -0.05) is 36.4 Å². The van der Waals surface area contributed by atoms with Gasteiger partial charge in [-0.3, -0.25) is 4.90 Å². The molecule has 1 fully saturated rings. The lowest BCUT2D eigenvalue weighted by atomic mass is 10.0. The van der Waals surface area contributed by atoms with E-state index >= 15 is 0 Å². The highest BCUT2D eigenvalue weighted by Gasteiger charge is 2.27.